The van der Waals surface area contributed by atoms with E-state index in [1.807, 2.05) is 0 Å². The van der Waals surface area contributed by atoms with E-state index in [2.05, 4.69) is 37.9 Å². The van der Waals surface area contributed by atoms with Crippen LogP contribution in [0.3, 0.4) is 0 Å². The highest BCUT2D eigenvalue weighted by molar-refractivity contribution is 5.70. The number of amides is 1. The van der Waals surface area contributed by atoms with Gasteiger partial charge in [0.15, 0.2) is 6.29 Å². The SMILES string of the molecule is [CH2]C(COC(=O)CCC(CCCCCC)OC(=O)NCCN1CCCC1)COC(=O)CCC(OCCCCCCCC)OCCCCCCCC. The second kappa shape index (κ2) is 33.9. The van der Waals surface area contributed by atoms with E-state index in [0.717, 1.165) is 77.4 Å². The first-order valence-corrected chi connectivity index (χ1v) is 20.9. The van der Waals surface area contributed by atoms with Gasteiger partial charge in [-0.1, -0.05) is 104 Å². The molecular formula is C41H77N2O8. The van der Waals surface area contributed by atoms with Crippen LogP contribution in [0.15, 0.2) is 0 Å². The number of carbonyl (C=O) groups is 3. The van der Waals surface area contributed by atoms with Crippen molar-refractivity contribution < 1.29 is 38.1 Å². The number of ether oxygens (including phenoxy) is 5. The van der Waals surface area contributed by atoms with Crippen LogP contribution in [-0.4, -0.2) is 87.9 Å². The molecule has 0 bridgehead atoms. The molecule has 10 nitrogen and oxygen atoms in total. The van der Waals surface area contributed by atoms with E-state index < -0.39 is 12.4 Å². The summed E-state index contributed by atoms with van der Waals surface area (Å²) in [6, 6.07) is 0. The summed E-state index contributed by atoms with van der Waals surface area (Å²) in [4.78, 5) is 39.9. The first-order valence-electron chi connectivity index (χ1n) is 20.9. The van der Waals surface area contributed by atoms with Gasteiger partial charge in [-0.15, -0.1) is 0 Å². The Morgan fingerprint density at radius 2 is 1.14 bits per heavy atom. The van der Waals surface area contributed by atoms with Gasteiger partial charge in [-0.2, -0.15) is 0 Å². The first-order chi connectivity index (χ1) is 24.9. The number of alkyl carbamates (subject to hydrolysis) is 1. The number of likely N-dealkylation sites (tertiary alicyclic amines) is 1. The maximum Gasteiger partial charge on any atom is 0.407 e. The van der Waals surface area contributed by atoms with Gasteiger partial charge in [-0.25, -0.2) is 4.79 Å². The monoisotopic (exact) mass is 726 g/mol. The lowest BCUT2D eigenvalue weighted by Gasteiger charge is -2.20. The molecule has 0 spiro atoms. The number of rotatable bonds is 35. The normalized spacial score (nSPS) is 14.5. The molecule has 1 fully saturated rings. The van der Waals surface area contributed by atoms with Crippen molar-refractivity contribution in [3.8, 4) is 0 Å². The minimum atomic E-state index is -0.428. The van der Waals surface area contributed by atoms with Crippen LogP contribution >= 0.6 is 0 Å². The molecule has 2 atom stereocenters. The highest BCUT2D eigenvalue weighted by Gasteiger charge is 2.19. The van der Waals surface area contributed by atoms with Gasteiger partial charge >= 0.3 is 18.0 Å². The zero-order valence-electron chi connectivity index (χ0n) is 33.1. The van der Waals surface area contributed by atoms with E-state index in [4.69, 9.17) is 23.7 Å². The van der Waals surface area contributed by atoms with E-state index in [9.17, 15) is 14.4 Å². The molecule has 1 aliphatic heterocycles. The molecule has 0 aromatic heterocycles. The third-order valence-electron chi connectivity index (χ3n) is 9.37. The summed E-state index contributed by atoms with van der Waals surface area (Å²) in [5.74, 6) is -1.10. The van der Waals surface area contributed by atoms with Crippen LogP contribution < -0.4 is 5.32 Å². The van der Waals surface area contributed by atoms with Crippen molar-refractivity contribution in [3.05, 3.63) is 6.92 Å². The fraction of sp³-hybridized carbons (Fsp3) is 0.902. The Morgan fingerprint density at radius 1 is 0.647 bits per heavy atom. The first kappa shape index (κ1) is 47.1. The summed E-state index contributed by atoms with van der Waals surface area (Å²) in [6.07, 6.45) is 21.7. The predicted octanol–water partition coefficient (Wildman–Crippen LogP) is 9.32. The van der Waals surface area contributed by atoms with Crippen LogP contribution in [0.1, 0.15) is 168 Å². The zero-order chi connectivity index (χ0) is 37.2. The lowest BCUT2D eigenvalue weighted by Crippen LogP contribution is -2.35. The van der Waals surface area contributed by atoms with Crippen molar-refractivity contribution in [1.82, 2.24) is 10.2 Å². The molecule has 51 heavy (non-hydrogen) atoms. The number of nitrogens with zero attached hydrogens (tertiary/aromatic N) is 1. The van der Waals surface area contributed by atoms with E-state index in [-0.39, 0.29) is 50.0 Å². The topological polar surface area (TPSA) is 113 Å². The molecule has 0 aliphatic carbocycles. The van der Waals surface area contributed by atoms with Gasteiger partial charge in [-0.05, 0) is 65.0 Å². The molecule has 1 heterocycles. The van der Waals surface area contributed by atoms with E-state index in [1.54, 1.807) is 0 Å². The van der Waals surface area contributed by atoms with Crippen molar-refractivity contribution in [2.75, 3.05) is 52.6 Å². The molecular weight excluding hydrogens is 648 g/mol. The van der Waals surface area contributed by atoms with Crippen LogP contribution in [0.5, 0.6) is 0 Å². The molecule has 1 amide bonds. The minimum Gasteiger partial charge on any atom is -0.465 e. The average Bonchev–Trinajstić information content (AvgIpc) is 3.65. The third-order valence-corrected chi connectivity index (χ3v) is 9.37. The van der Waals surface area contributed by atoms with E-state index in [0.29, 0.717) is 32.6 Å². The second-order valence-electron chi connectivity index (χ2n) is 14.4. The van der Waals surface area contributed by atoms with Crippen LogP contribution in [0, 0.1) is 12.8 Å². The van der Waals surface area contributed by atoms with Crippen molar-refractivity contribution >= 4 is 18.0 Å². The molecule has 10 heteroatoms. The van der Waals surface area contributed by atoms with Crippen molar-refractivity contribution in [2.24, 2.45) is 5.92 Å². The van der Waals surface area contributed by atoms with Gasteiger partial charge in [0.05, 0.1) is 19.6 Å². The number of hydrogen-bond acceptors (Lipinski definition) is 9. The van der Waals surface area contributed by atoms with Crippen molar-refractivity contribution in [2.45, 2.75) is 181 Å². The quantitative estimate of drug-likeness (QED) is 0.0296. The molecule has 1 saturated heterocycles. The zero-order valence-corrected chi connectivity index (χ0v) is 33.1. The Bertz CT molecular complexity index is 820. The highest BCUT2D eigenvalue weighted by Crippen LogP contribution is 2.16. The van der Waals surface area contributed by atoms with Crippen molar-refractivity contribution in [3.63, 3.8) is 0 Å². The summed E-state index contributed by atoms with van der Waals surface area (Å²) in [6.45, 7) is 15.5. The molecule has 0 saturated carbocycles. The predicted molar refractivity (Wildman–Crippen MR) is 204 cm³/mol. The van der Waals surface area contributed by atoms with E-state index >= 15 is 0 Å². The number of unbranched alkanes of at least 4 members (excludes halogenated alkanes) is 13. The molecule has 1 rings (SSSR count). The lowest BCUT2D eigenvalue weighted by atomic mass is 10.1. The fourth-order valence-electron chi connectivity index (χ4n) is 6.11. The molecule has 1 N–H and O–H groups in total. The molecule has 2 unspecified atom stereocenters. The van der Waals surface area contributed by atoms with Gasteiger partial charge in [0.25, 0.3) is 0 Å². The van der Waals surface area contributed by atoms with Crippen LogP contribution in [-0.2, 0) is 33.3 Å². The number of carbonyl (C=O) groups excluding carboxylic acids is 3. The fourth-order valence-corrected chi connectivity index (χ4v) is 6.11. The standard InChI is InChI=1S/C41H77N2O8/c1-5-8-11-14-16-21-32-47-40(48-33-22-17-15-12-9-6-2)27-26-39(45)50-35-36(4)34-49-38(44)25-24-37(23-18-13-10-7-3)51-41(46)42-28-31-43-29-19-20-30-43/h36-37,40H,4-35H2,1-3H3,(H,42,46). The lowest BCUT2D eigenvalue weighted by molar-refractivity contribution is -0.160. The largest absolute Gasteiger partial charge is 0.465 e. The third kappa shape index (κ3) is 29.3. The minimum absolute atomic E-state index is 0.0521. The van der Waals surface area contributed by atoms with Gasteiger partial charge in [0.2, 0.25) is 0 Å². The number of hydrogen-bond donors (Lipinski definition) is 1. The summed E-state index contributed by atoms with van der Waals surface area (Å²) < 4.78 is 28.6. The van der Waals surface area contributed by atoms with Crippen LogP contribution in [0.25, 0.3) is 0 Å². The van der Waals surface area contributed by atoms with Gasteiger partial charge in [0, 0.05) is 45.1 Å². The second-order valence-corrected chi connectivity index (χ2v) is 14.4. The summed E-state index contributed by atoms with van der Waals surface area (Å²) >= 11 is 0. The Kier molecular flexibility index (Phi) is 31.3. The summed E-state index contributed by atoms with van der Waals surface area (Å²) in [5, 5.41) is 2.86. The van der Waals surface area contributed by atoms with Crippen LogP contribution in [0.4, 0.5) is 4.79 Å². The Labute approximate surface area is 312 Å². The Hall–Kier alpha value is -1.91. The molecule has 0 aromatic carbocycles. The summed E-state index contributed by atoms with van der Waals surface area (Å²) in [5.41, 5.74) is 0. The smallest absolute Gasteiger partial charge is 0.407 e. The molecule has 1 aliphatic rings. The van der Waals surface area contributed by atoms with E-state index in [1.165, 1.54) is 64.2 Å². The average molecular weight is 726 g/mol. The maximum atomic E-state index is 12.6. The number of esters is 2. The Balaban J connectivity index is 2.35. The van der Waals surface area contributed by atoms with Crippen molar-refractivity contribution in [1.29, 1.82) is 0 Å². The maximum absolute atomic E-state index is 12.6. The Morgan fingerprint density at radius 3 is 1.69 bits per heavy atom. The summed E-state index contributed by atoms with van der Waals surface area (Å²) in [7, 11) is 0. The van der Waals surface area contributed by atoms with Crippen LogP contribution in [0.2, 0.25) is 0 Å². The highest BCUT2D eigenvalue weighted by atomic mass is 16.7. The van der Waals surface area contributed by atoms with Gasteiger partial charge < -0.3 is 33.9 Å². The number of nitrogens with one attached hydrogen (secondary N) is 1. The van der Waals surface area contributed by atoms with Gasteiger partial charge in [0.1, 0.15) is 6.10 Å². The molecule has 1 radical (unpaired) electrons. The molecule has 0 aromatic rings. The molecule has 299 valence electrons. The van der Waals surface area contributed by atoms with Gasteiger partial charge in [-0.3, -0.25) is 9.59 Å².